The number of para-hydroxylation sites is 1. The van der Waals surface area contributed by atoms with E-state index in [4.69, 9.17) is 0 Å². The number of hydrogen-bond donors (Lipinski definition) is 2. The fraction of sp³-hybridized carbons (Fsp3) is 0.400. The van der Waals surface area contributed by atoms with Crippen LogP contribution in [0.25, 0.3) is 10.9 Å². The number of aromatic amines is 1. The van der Waals surface area contributed by atoms with Gasteiger partial charge in [-0.1, -0.05) is 42.5 Å². The van der Waals surface area contributed by atoms with Crippen molar-refractivity contribution < 1.29 is 4.79 Å². The van der Waals surface area contributed by atoms with Gasteiger partial charge in [0.15, 0.2) is 0 Å². The third kappa shape index (κ3) is 5.07. The fourth-order valence-corrected chi connectivity index (χ4v) is 4.39. The lowest BCUT2D eigenvalue weighted by atomic mass is 9.92. The van der Waals surface area contributed by atoms with Crippen LogP contribution in [0.1, 0.15) is 36.0 Å². The Bertz CT molecular complexity index is 953. The van der Waals surface area contributed by atoms with E-state index in [1.54, 1.807) is 0 Å². The van der Waals surface area contributed by atoms with Crippen molar-refractivity contribution in [3.8, 4) is 0 Å². The highest BCUT2D eigenvalue weighted by atomic mass is 16.1. The maximum Gasteiger partial charge on any atom is 0.220 e. The van der Waals surface area contributed by atoms with Crippen molar-refractivity contribution in [2.75, 3.05) is 19.6 Å². The largest absolute Gasteiger partial charge is 0.361 e. The van der Waals surface area contributed by atoms with Gasteiger partial charge in [-0.2, -0.15) is 0 Å². The molecular formula is C25H31N3O. The number of carbonyl (C=O) groups excluding carboxylic acids is 1. The molecule has 4 rings (SSSR count). The van der Waals surface area contributed by atoms with Crippen molar-refractivity contribution in [3.63, 3.8) is 0 Å². The van der Waals surface area contributed by atoms with Crippen LogP contribution in [0.5, 0.6) is 0 Å². The Balaban J connectivity index is 1.18. The molecule has 1 fully saturated rings. The second kappa shape index (κ2) is 9.27. The van der Waals surface area contributed by atoms with Gasteiger partial charge < -0.3 is 10.3 Å². The summed E-state index contributed by atoms with van der Waals surface area (Å²) in [5.41, 5.74) is 5.21. The lowest BCUT2D eigenvalue weighted by molar-refractivity contribution is -0.122. The number of amides is 1. The van der Waals surface area contributed by atoms with E-state index in [1.165, 1.54) is 22.1 Å². The quantitative estimate of drug-likeness (QED) is 0.628. The van der Waals surface area contributed by atoms with Crippen molar-refractivity contribution in [1.82, 2.24) is 15.2 Å². The summed E-state index contributed by atoms with van der Waals surface area (Å²) in [4.78, 5) is 18.2. The summed E-state index contributed by atoms with van der Waals surface area (Å²) < 4.78 is 0. The normalized spacial score (nSPS) is 15.6. The molecule has 2 heterocycles. The molecule has 4 heteroatoms. The smallest absolute Gasteiger partial charge is 0.220 e. The minimum atomic E-state index is 0.196. The molecule has 1 aliphatic rings. The van der Waals surface area contributed by atoms with Crippen LogP contribution in [0.4, 0.5) is 0 Å². The molecule has 0 bridgehead atoms. The van der Waals surface area contributed by atoms with Crippen LogP contribution in [0.2, 0.25) is 0 Å². The van der Waals surface area contributed by atoms with Crippen LogP contribution in [-0.2, 0) is 17.8 Å². The average molecular weight is 390 g/mol. The molecular weight excluding hydrogens is 358 g/mol. The van der Waals surface area contributed by atoms with E-state index >= 15 is 0 Å². The molecule has 3 aromatic rings. The molecule has 0 aliphatic carbocycles. The van der Waals surface area contributed by atoms with Crippen molar-refractivity contribution in [1.29, 1.82) is 0 Å². The van der Waals surface area contributed by atoms with Gasteiger partial charge in [0.05, 0.1) is 0 Å². The third-order valence-corrected chi connectivity index (χ3v) is 6.23. The minimum Gasteiger partial charge on any atom is -0.361 e. The number of H-pyrrole nitrogens is 1. The first-order valence-electron chi connectivity index (χ1n) is 10.8. The van der Waals surface area contributed by atoms with Gasteiger partial charge in [0.25, 0.3) is 0 Å². The monoisotopic (exact) mass is 389 g/mol. The van der Waals surface area contributed by atoms with Gasteiger partial charge >= 0.3 is 0 Å². The number of nitrogens with one attached hydrogen (secondary N) is 2. The molecule has 1 aromatic heterocycles. The van der Waals surface area contributed by atoms with E-state index in [1.807, 2.05) is 6.07 Å². The molecule has 2 N–H and O–H groups in total. The molecule has 0 unspecified atom stereocenters. The highest BCUT2D eigenvalue weighted by Crippen LogP contribution is 2.23. The standard InChI is InChI=1S/C25H31N3O/c1-19-6-2-3-7-22(19)18-28-14-11-20(12-15-28)16-25(29)26-13-10-21-17-27-24-9-5-4-8-23(21)24/h2-9,17,20,27H,10-16,18H2,1H3,(H,26,29). The zero-order valence-electron chi connectivity index (χ0n) is 17.3. The molecule has 0 radical (unpaired) electrons. The van der Waals surface area contributed by atoms with Crippen LogP contribution in [0.3, 0.4) is 0 Å². The van der Waals surface area contributed by atoms with Gasteiger partial charge in [-0.3, -0.25) is 9.69 Å². The van der Waals surface area contributed by atoms with Gasteiger partial charge in [0.2, 0.25) is 5.91 Å². The fourth-order valence-electron chi connectivity index (χ4n) is 4.39. The number of nitrogens with zero attached hydrogens (tertiary/aromatic N) is 1. The van der Waals surface area contributed by atoms with E-state index < -0.39 is 0 Å². The topological polar surface area (TPSA) is 48.1 Å². The van der Waals surface area contributed by atoms with Crippen LogP contribution < -0.4 is 5.32 Å². The number of aryl methyl sites for hydroxylation is 1. The lowest BCUT2D eigenvalue weighted by Crippen LogP contribution is -2.36. The second-order valence-electron chi connectivity index (χ2n) is 8.31. The molecule has 2 aromatic carbocycles. The van der Waals surface area contributed by atoms with E-state index in [2.05, 4.69) is 70.8 Å². The summed E-state index contributed by atoms with van der Waals surface area (Å²) in [5, 5.41) is 4.38. The number of piperidine rings is 1. The lowest BCUT2D eigenvalue weighted by Gasteiger charge is -2.32. The highest BCUT2D eigenvalue weighted by Gasteiger charge is 2.21. The molecule has 0 spiro atoms. The Labute approximate surface area is 173 Å². The molecule has 1 saturated heterocycles. The van der Waals surface area contributed by atoms with E-state index in [9.17, 15) is 4.79 Å². The summed E-state index contributed by atoms with van der Waals surface area (Å²) in [6.07, 6.45) is 5.81. The Morgan fingerprint density at radius 2 is 1.83 bits per heavy atom. The zero-order chi connectivity index (χ0) is 20.1. The maximum absolute atomic E-state index is 12.4. The second-order valence-corrected chi connectivity index (χ2v) is 8.31. The number of benzene rings is 2. The maximum atomic E-state index is 12.4. The molecule has 0 atom stereocenters. The van der Waals surface area contributed by atoms with Crippen molar-refractivity contribution >= 4 is 16.8 Å². The van der Waals surface area contributed by atoms with Crippen molar-refractivity contribution in [3.05, 3.63) is 71.4 Å². The van der Waals surface area contributed by atoms with Crippen molar-refractivity contribution in [2.45, 2.75) is 39.2 Å². The summed E-state index contributed by atoms with van der Waals surface area (Å²) in [5.74, 6) is 0.707. The third-order valence-electron chi connectivity index (χ3n) is 6.23. The number of likely N-dealkylation sites (tertiary alicyclic amines) is 1. The zero-order valence-corrected chi connectivity index (χ0v) is 17.3. The van der Waals surface area contributed by atoms with Crippen LogP contribution >= 0.6 is 0 Å². The van der Waals surface area contributed by atoms with Gasteiger partial charge in [0.1, 0.15) is 0 Å². The van der Waals surface area contributed by atoms with E-state index in [0.717, 1.165) is 44.4 Å². The predicted octanol–water partition coefficient (Wildman–Crippen LogP) is 4.44. The number of hydrogen-bond acceptors (Lipinski definition) is 2. The summed E-state index contributed by atoms with van der Waals surface area (Å²) in [6.45, 7) is 6.08. The van der Waals surface area contributed by atoms with Crippen LogP contribution in [0, 0.1) is 12.8 Å². The van der Waals surface area contributed by atoms with Gasteiger partial charge in [-0.05, 0) is 68.0 Å². The first-order valence-corrected chi connectivity index (χ1v) is 10.8. The Hall–Kier alpha value is -2.59. The highest BCUT2D eigenvalue weighted by molar-refractivity contribution is 5.83. The van der Waals surface area contributed by atoms with E-state index in [0.29, 0.717) is 18.9 Å². The van der Waals surface area contributed by atoms with Gasteiger partial charge in [-0.15, -0.1) is 0 Å². The summed E-state index contributed by atoms with van der Waals surface area (Å²) in [6, 6.07) is 16.9. The number of carbonyl (C=O) groups is 1. The van der Waals surface area contributed by atoms with E-state index in [-0.39, 0.29) is 5.91 Å². The summed E-state index contributed by atoms with van der Waals surface area (Å²) >= 11 is 0. The predicted molar refractivity (Wildman–Crippen MR) is 119 cm³/mol. The van der Waals surface area contributed by atoms with Crippen molar-refractivity contribution in [2.24, 2.45) is 5.92 Å². The SMILES string of the molecule is Cc1ccccc1CN1CCC(CC(=O)NCCc2c[nH]c3ccccc23)CC1. The number of rotatable bonds is 7. The van der Waals surface area contributed by atoms with Gasteiger partial charge in [0, 0.05) is 36.6 Å². The van der Waals surface area contributed by atoms with Crippen LogP contribution in [0.15, 0.2) is 54.7 Å². The molecule has 1 aliphatic heterocycles. The molecule has 0 saturated carbocycles. The first-order chi connectivity index (χ1) is 14.2. The first kappa shape index (κ1) is 19.7. The minimum absolute atomic E-state index is 0.196. The number of fused-ring (bicyclic) bond motifs is 1. The summed E-state index contributed by atoms with van der Waals surface area (Å²) in [7, 11) is 0. The van der Waals surface area contributed by atoms with Gasteiger partial charge in [-0.25, -0.2) is 0 Å². The molecule has 1 amide bonds. The molecule has 29 heavy (non-hydrogen) atoms. The van der Waals surface area contributed by atoms with Crippen LogP contribution in [-0.4, -0.2) is 35.4 Å². The molecule has 152 valence electrons. The Morgan fingerprint density at radius 3 is 2.66 bits per heavy atom. The Morgan fingerprint density at radius 1 is 1.07 bits per heavy atom. The molecule has 4 nitrogen and oxygen atoms in total. The average Bonchev–Trinajstić information content (AvgIpc) is 3.14. The number of aromatic nitrogens is 1. The Kier molecular flexibility index (Phi) is 6.30.